The van der Waals surface area contributed by atoms with E-state index in [0.29, 0.717) is 19.8 Å². The summed E-state index contributed by atoms with van der Waals surface area (Å²) in [6.45, 7) is 1.57. The van der Waals surface area contributed by atoms with Gasteiger partial charge in [-0.15, -0.1) is 0 Å². The van der Waals surface area contributed by atoms with Crippen molar-refractivity contribution in [1.29, 1.82) is 0 Å². The number of ether oxygens (including phenoxy) is 2. The Kier molecular flexibility index (Phi) is 5.26. The van der Waals surface area contributed by atoms with E-state index in [0.717, 1.165) is 12.3 Å². The fraction of sp³-hybridized carbons (Fsp3) is 0.464. The predicted octanol–water partition coefficient (Wildman–Crippen LogP) is 5.92. The van der Waals surface area contributed by atoms with Gasteiger partial charge in [-0.1, -0.05) is 85.9 Å². The van der Waals surface area contributed by atoms with Crippen molar-refractivity contribution in [2.24, 2.45) is 5.92 Å². The van der Waals surface area contributed by atoms with Crippen LogP contribution in [0.5, 0.6) is 0 Å². The summed E-state index contributed by atoms with van der Waals surface area (Å²) in [7, 11) is 0. The van der Waals surface area contributed by atoms with Gasteiger partial charge >= 0.3 is 6.09 Å². The Morgan fingerprint density at radius 3 is 2.34 bits per heavy atom. The number of nitrogens with zero attached hydrogens (tertiary/aromatic N) is 1. The van der Waals surface area contributed by atoms with Crippen molar-refractivity contribution in [2.45, 2.75) is 56.5 Å². The molecule has 1 saturated carbocycles. The van der Waals surface area contributed by atoms with Crippen LogP contribution in [0, 0.1) is 5.92 Å². The first-order chi connectivity index (χ1) is 15.8. The molecule has 166 valence electrons. The van der Waals surface area contributed by atoms with Crippen molar-refractivity contribution in [3.8, 4) is 11.1 Å². The van der Waals surface area contributed by atoms with Crippen LogP contribution in [-0.4, -0.2) is 42.9 Å². The number of morpholine rings is 1. The number of hydrogen-bond acceptors (Lipinski definition) is 3. The van der Waals surface area contributed by atoms with Crippen LogP contribution < -0.4 is 0 Å². The van der Waals surface area contributed by atoms with E-state index in [1.54, 1.807) is 0 Å². The van der Waals surface area contributed by atoms with Crippen LogP contribution in [0.2, 0.25) is 0 Å². The molecule has 1 saturated heterocycles. The Hall–Kier alpha value is -2.59. The van der Waals surface area contributed by atoms with Crippen LogP contribution >= 0.6 is 0 Å². The second-order valence-electron chi connectivity index (χ2n) is 9.85. The van der Waals surface area contributed by atoms with Crippen molar-refractivity contribution in [3.05, 3.63) is 71.3 Å². The molecule has 2 aliphatic carbocycles. The lowest BCUT2D eigenvalue weighted by molar-refractivity contribution is -0.0367. The molecule has 2 heterocycles. The summed E-state index contributed by atoms with van der Waals surface area (Å²) in [6, 6.07) is 17.1. The van der Waals surface area contributed by atoms with Crippen molar-refractivity contribution < 1.29 is 14.3 Å². The summed E-state index contributed by atoms with van der Waals surface area (Å²) in [5.74, 6) is 0.935. The molecule has 2 fully saturated rings. The Bertz CT molecular complexity index is 993. The van der Waals surface area contributed by atoms with E-state index in [1.165, 1.54) is 59.9 Å². The van der Waals surface area contributed by atoms with Crippen molar-refractivity contribution in [3.63, 3.8) is 0 Å². The lowest BCUT2D eigenvalue weighted by Gasteiger charge is -2.44. The summed E-state index contributed by atoms with van der Waals surface area (Å²) in [5.41, 5.74) is 6.54. The monoisotopic (exact) mass is 429 g/mol. The second kappa shape index (κ2) is 8.40. The molecule has 2 atom stereocenters. The van der Waals surface area contributed by atoms with E-state index in [2.05, 4.69) is 54.6 Å². The van der Waals surface area contributed by atoms with Gasteiger partial charge in [0.2, 0.25) is 0 Å². The average Bonchev–Trinajstić information content (AvgIpc) is 3.43. The first-order valence-corrected chi connectivity index (χ1v) is 12.2. The fourth-order valence-electron chi connectivity index (χ4n) is 6.37. The maximum Gasteiger partial charge on any atom is 0.410 e. The number of carbonyl (C=O) groups is 1. The summed E-state index contributed by atoms with van der Waals surface area (Å²) >= 11 is 0. The van der Waals surface area contributed by atoms with Crippen LogP contribution in [0.15, 0.2) is 60.2 Å². The highest BCUT2D eigenvalue weighted by atomic mass is 16.6. The Balaban J connectivity index is 1.17. The van der Waals surface area contributed by atoms with E-state index in [-0.39, 0.29) is 24.1 Å². The maximum absolute atomic E-state index is 13.3. The van der Waals surface area contributed by atoms with Crippen LogP contribution in [0.4, 0.5) is 4.79 Å². The smallest absolute Gasteiger partial charge is 0.410 e. The Morgan fingerprint density at radius 2 is 1.66 bits per heavy atom. The quantitative estimate of drug-likeness (QED) is 0.567. The molecule has 4 heteroatoms. The SMILES string of the molecule is O=C(OCC1c2ccccc2-c2ccccc21)N1C2C=C(CC3CCCC3)CC1COC2. The number of amides is 1. The summed E-state index contributed by atoms with van der Waals surface area (Å²) < 4.78 is 11.8. The zero-order valence-corrected chi connectivity index (χ0v) is 18.5. The second-order valence-corrected chi connectivity index (χ2v) is 9.85. The predicted molar refractivity (Wildman–Crippen MR) is 125 cm³/mol. The molecule has 0 N–H and O–H groups in total. The molecule has 0 spiro atoms. The van der Waals surface area contributed by atoms with Gasteiger partial charge in [0.25, 0.3) is 0 Å². The van der Waals surface area contributed by atoms with Gasteiger partial charge in [-0.3, -0.25) is 4.90 Å². The molecular weight excluding hydrogens is 398 g/mol. The van der Waals surface area contributed by atoms with Crippen molar-refractivity contribution >= 4 is 6.09 Å². The third-order valence-corrected chi connectivity index (χ3v) is 7.85. The summed E-state index contributed by atoms with van der Waals surface area (Å²) in [6.07, 6.45) is 9.71. The largest absolute Gasteiger partial charge is 0.448 e. The van der Waals surface area contributed by atoms with Crippen LogP contribution in [0.1, 0.15) is 55.6 Å². The highest BCUT2D eigenvalue weighted by Crippen LogP contribution is 2.44. The van der Waals surface area contributed by atoms with E-state index in [1.807, 2.05) is 4.90 Å². The highest BCUT2D eigenvalue weighted by molar-refractivity contribution is 5.79. The number of carbonyl (C=O) groups excluding carboxylic acids is 1. The number of rotatable bonds is 4. The highest BCUT2D eigenvalue weighted by Gasteiger charge is 2.40. The number of fused-ring (bicyclic) bond motifs is 5. The van der Waals surface area contributed by atoms with Gasteiger partial charge in [-0.2, -0.15) is 0 Å². The van der Waals surface area contributed by atoms with Gasteiger partial charge in [0, 0.05) is 5.92 Å². The molecule has 2 unspecified atom stereocenters. The van der Waals surface area contributed by atoms with Crippen molar-refractivity contribution in [2.75, 3.05) is 19.8 Å². The van der Waals surface area contributed by atoms with Gasteiger partial charge < -0.3 is 9.47 Å². The summed E-state index contributed by atoms with van der Waals surface area (Å²) in [4.78, 5) is 15.2. The minimum Gasteiger partial charge on any atom is -0.448 e. The molecule has 2 bridgehead atoms. The minimum absolute atomic E-state index is 0.00885. The fourth-order valence-corrected chi connectivity index (χ4v) is 6.37. The molecule has 4 aliphatic rings. The third-order valence-electron chi connectivity index (χ3n) is 7.85. The lowest BCUT2D eigenvalue weighted by atomic mass is 9.88. The average molecular weight is 430 g/mol. The molecule has 2 aromatic carbocycles. The molecule has 0 radical (unpaired) electrons. The zero-order valence-electron chi connectivity index (χ0n) is 18.5. The van der Waals surface area contributed by atoms with E-state index in [9.17, 15) is 4.79 Å². The van der Waals surface area contributed by atoms with Gasteiger partial charge in [-0.25, -0.2) is 4.79 Å². The molecule has 1 amide bonds. The summed E-state index contributed by atoms with van der Waals surface area (Å²) in [5, 5.41) is 0. The zero-order chi connectivity index (χ0) is 21.5. The van der Waals surface area contributed by atoms with Gasteiger partial charge in [0.05, 0.1) is 25.3 Å². The van der Waals surface area contributed by atoms with Crippen LogP contribution in [-0.2, 0) is 9.47 Å². The van der Waals surface area contributed by atoms with Crippen LogP contribution in [0.25, 0.3) is 11.1 Å². The molecule has 2 aliphatic heterocycles. The minimum atomic E-state index is -0.193. The first-order valence-electron chi connectivity index (χ1n) is 12.2. The molecule has 32 heavy (non-hydrogen) atoms. The third kappa shape index (κ3) is 3.55. The number of benzene rings is 2. The Labute approximate surface area is 190 Å². The van der Waals surface area contributed by atoms with Gasteiger partial charge in [-0.05, 0) is 41.0 Å². The molecule has 4 nitrogen and oxygen atoms in total. The standard InChI is InChI=1S/C28H31NO3/c30-28(29-21-14-20(13-19-7-1-2-8-19)15-22(29)17-31-16-21)32-18-27-25-11-5-3-9-23(25)24-10-4-6-12-26(24)27/h3-6,9-12,14,19,21-22,27H,1-2,7-8,13,15-18H2. The van der Waals surface area contributed by atoms with Crippen LogP contribution in [0.3, 0.4) is 0 Å². The van der Waals surface area contributed by atoms with Crippen molar-refractivity contribution in [1.82, 2.24) is 4.90 Å². The molecule has 0 aromatic heterocycles. The molecule has 2 aromatic rings. The molecular formula is C28H31NO3. The normalized spacial score (nSPS) is 24.8. The molecule has 6 rings (SSSR count). The van der Waals surface area contributed by atoms with Gasteiger partial charge in [0.15, 0.2) is 0 Å². The van der Waals surface area contributed by atoms with E-state index < -0.39 is 0 Å². The van der Waals surface area contributed by atoms with Gasteiger partial charge in [0.1, 0.15) is 6.61 Å². The topological polar surface area (TPSA) is 38.8 Å². The maximum atomic E-state index is 13.3. The van der Waals surface area contributed by atoms with E-state index in [4.69, 9.17) is 9.47 Å². The first kappa shape index (κ1) is 20.0. The number of hydrogen-bond donors (Lipinski definition) is 0. The lowest BCUT2D eigenvalue weighted by Crippen LogP contribution is -2.56. The Morgan fingerprint density at radius 1 is 0.969 bits per heavy atom. The van der Waals surface area contributed by atoms with E-state index >= 15 is 0 Å².